The third-order valence-electron chi connectivity index (χ3n) is 5.99. The first-order valence-electron chi connectivity index (χ1n) is 11.7. The number of alkyl halides is 3. The van der Waals surface area contributed by atoms with Gasteiger partial charge in [-0.15, -0.1) is 0 Å². The summed E-state index contributed by atoms with van der Waals surface area (Å²) in [5.74, 6) is 0.0352. The van der Waals surface area contributed by atoms with Gasteiger partial charge in [0.25, 0.3) is 0 Å². The predicted octanol–water partition coefficient (Wildman–Crippen LogP) is 5.69. The van der Waals surface area contributed by atoms with Crippen molar-refractivity contribution in [2.45, 2.75) is 12.8 Å². The molecule has 188 valence electrons. The lowest BCUT2D eigenvalue weighted by Gasteiger charge is -2.34. The Hall–Kier alpha value is -3.78. The Bertz CT molecular complexity index is 1190. The molecule has 0 bridgehead atoms. The summed E-state index contributed by atoms with van der Waals surface area (Å²) in [4.78, 5) is 16.5. The molecule has 0 unspecified atom stereocenters. The highest BCUT2D eigenvalue weighted by Gasteiger charge is 2.34. The molecule has 1 amide bonds. The van der Waals surface area contributed by atoms with Crippen molar-refractivity contribution in [3.63, 3.8) is 0 Å². The van der Waals surface area contributed by atoms with Crippen molar-refractivity contribution in [1.82, 2.24) is 4.90 Å². The van der Waals surface area contributed by atoms with Gasteiger partial charge in [-0.3, -0.25) is 4.79 Å². The molecule has 8 heteroatoms. The van der Waals surface area contributed by atoms with Crippen LogP contribution < -0.4 is 15.0 Å². The van der Waals surface area contributed by atoms with E-state index >= 15 is 0 Å². The molecule has 0 atom stereocenters. The lowest BCUT2D eigenvalue weighted by Crippen LogP contribution is -2.44. The first-order valence-corrected chi connectivity index (χ1v) is 11.7. The van der Waals surface area contributed by atoms with Crippen LogP contribution in [0.3, 0.4) is 0 Å². The molecule has 1 N–H and O–H groups in total. The number of halogens is 3. The first-order chi connectivity index (χ1) is 17.3. The number of hydrogen-bond acceptors (Lipinski definition) is 4. The molecule has 1 saturated heterocycles. The van der Waals surface area contributed by atoms with Gasteiger partial charge in [-0.2, -0.15) is 13.2 Å². The fourth-order valence-electron chi connectivity index (χ4n) is 3.90. The number of anilines is 2. The van der Waals surface area contributed by atoms with Crippen molar-refractivity contribution >= 4 is 23.4 Å². The van der Waals surface area contributed by atoms with E-state index in [2.05, 4.69) is 10.2 Å². The Kier molecular flexibility index (Phi) is 7.95. The number of ether oxygens (including phenoxy) is 1. The number of likely N-dealkylation sites (N-methyl/N-ethyl adjacent to an activating group) is 1. The molecule has 0 aliphatic carbocycles. The van der Waals surface area contributed by atoms with E-state index in [0.717, 1.165) is 30.3 Å². The van der Waals surface area contributed by atoms with Crippen LogP contribution >= 0.6 is 0 Å². The van der Waals surface area contributed by atoms with E-state index in [4.69, 9.17) is 4.74 Å². The second kappa shape index (κ2) is 11.3. The lowest BCUT2D eigenvalue weighted by molar-refractivity contribution is -0.136. The normalized spacial score (nSPS) is 14.7. The van der Waals surface area contributed by atoms with E-state index in [-0.39, 0.29) is 5.69 Å². The number of nitrogens with one attached hydrogen (secondary N) is 1. The van der Waals surface area contributed by atoms with Gasteiger partial charge >= 0.3 is 6.18 Å². The zero-order chi connectivity index (χ0) is 25.5. The maximum absolute atomic E-state index is 13.8. The summed E-state index contributed by atoms with van der Waals surface area (Å²) in [6.45, 7) is 3.31. The number of amides is 1. The zero-order valence-corrected chi connectivity index (χ0v) is 20.0. The fraction of sp³-hybridized carbons (Fsp3) is 0.250. The van der Waals surface area contributed by atoms with Crippen LogP contribution in [0.15, 0.2) is 78.9 Å². The average Bonchev–Trinajstić information content (AvgIpc) is 2.87. The lowest BCUT2D eigenvalue weighted by atomic mass is 10.1. The number of hydrogen-bond donors (Lipinski definition) is 1. The van der Waals surface area contributed by atoms with Crippen molar-refractivity contribution < 1.29 is 22.7 Å². The SMILES string of the molecule is CN1CCN(c2ccc(NC(=O)/C=C/c3ccc(OCc4ccccc4)cc3)c(C(F)(F)F)c2)CC1. The van der Waals surface area contributed by atoms with Crippen molar-refractivity contribution in [1.29, 1.82) is 0 Å². The molecule has 3 aromatic rings. The molecule has 5 nitrogen and oxygen atoms in total. The molecule has 3 aromatic carbocycles. The number of nitrogens with zero attached hydrogens (tertiary/aromatic N) is 2. The monoisotopic (exact) mass is 495 g/mol. The molecule has 1 fully saturated rings. The molecular formula is C28H28F3N3O2. The molecule has 36 heavy (non-hydrogen) atoms. The van der Waals surface area contributed by atoms with Crippen LogP contribution in [0.2, 0.25) is 0 Å². The molecule has 1 heterocycles. The largest absolute Gasteiger partial charge is 0.489 e. The summed E-state index contributed by atoms with van der Waals surface area (Å²) in [5, 5.41) is 2.38. The summed E-state index contributed by atoms with van der Waals surface area (Å²) in [6, 6.07) is 20.9. The Morgan fingerprint density at radius 3 is 2.33 bits per heavy atom. The van der Waals surface area contributed by atoms with E-state index in [9.17, 15) is 18.0 Å². The van der Waals surface area contributed by atoms with Gasteiger partial charge in [-0.25, -0.2) is 0 Å². The van der Waals surface area contributed by atoms with Gasteiger partial charge in [-0.05, 0) is 54.6 Å². The van der Waals surface area contributed by atoms with Crippen molar-refractivity contribution in [3.05, 3.63) is 95.6 Å². The average molecular weight is 496 g/mol. The van der Waals surface area contributed by atoms with Crippen molar-refractivity contribution in [3.8, 4) is 5.75 Å². The van der Waals surface area contributed by atoms with Crippen LogP contribution in [-0.4, -0.2) is 44.0 Å². The van der Waals surface area contributed by atoms with Crippen LogP contribution in [-0.2, 0) is 17.6 Å². The van der Waals surface area contributed by atoms with Gasteiger partial charge in [0.15, 0.2) is 0 Å². The highest BCUT2D eigenvalue weighted by Crippen LogP contribution is 2.37. The summed E-state index contributed by atoms with van der Waals surface area (Å²) < 4.78 is 47.0. The van der Waals surface area contributed by atoms with Crippen molar-refractivity contribution in [2.24, 2.45) is 0 Å². The number of rotatable bonds is 7. The predicted molar refractivity (Wildman–Crippen MR) is 136 cm³/mol. The smallest absolute Gasteiger partial charge is 0.418 e. The molecular weight excluding hydrogens is 467 g/mol. The fourth-order valence-corrected chi connectivity index (χ4v) is 3.90. The third kappa shape index (κ3) is 6.88. The Balaban J connectivity index is 1.38. The second-order valence-electron chi connectivity index (χ2n) is 8.68. The van der Waals surface area contributed by atoms with E-state index in [1.807, 2.05) is 42.3 Å². The first kappa shape index (κ1) is 25.3. The molecule has 0 saturated carbocycles. The Morgan fingerprint density at radius 1 is 0.972 bits per heavy atom. The van der Waals surface area contributed by atoms with Crippen LogP contribution in [0.4, 0.5) is 24.5 Å². The van der Waals surface area contributed by atoms with Gasteiger partial charge in [0.1, 0.15) is 12.4 Å². The minimum absolute atomic E-state index is 0.264. The van der Waals surface area contributed by atoms with Gasteiger partial charge in [0.05, 0.1) is 11.3 Å². The third-order valence-corrected chi connectivity index (χ3v) is 5.99. The topological polar surface area (TPSA) is 44.8 Å². The van der Waals surface area contributed by atoms with E-state index in [1.54, 1.807) is 36.4 Å². The van der Waals surface area contributed by atoms with Gasteiger partial charge in [-0.1, -0.05) is 42.5 Å². The van der Waals surface area contributed by atoms with Gasteiger partial charge < -0.3 is 19.9 Å². The van der Waals surface area contributed by atoms with Crippen LogP contribution in [0.5, 0.6) is 5.75 Å². The molecule has 0 radical (unpaired) electrons. The minimum Gasteiger partial charge on any atom is -0.489 e. The maximum atomic E-state index is 13.8. The summed E-state index contributed by atoms with van der Waals surface area (Å²) in [7, 11) is 1.98. The van der Waals surface area contributed by atoms with Crippen LogP contribution in [0, 0.1) is 0 Å². The van der Waals surface area contributed by atoms with Crippen LogP contribution in [0.25, 0.3) is 6.08 Å². The number of piperazine rings is 1. The van der Waals surface area contributed by atoms with Gasteiger partial charge in [0, 0.05) is 37.9 Å². The number of carbonyl (C=O) groups excluding carboxylic acids is 1. The standard InChI is InChI=1S/C28H28F3N3O2/c1-33-15-17-34(18-16-33)23-10-13-26(25(19-23)28(29,30)31)32-27(35)14-9-21-7-11-24(12-8-21)36-20-22-5-3-2-4-6-22/h2-14,19H,15-18,20H2,1H3,(H,32,35)/b14-9+. The van der Waals surface area contributed by atoms with Crippen molar-refractivity contribution in [2.75, 3.05) is 43.4 Å². The minimum atomic E-state index is -4.59. The molecule has 0 aromatic heterocycles. The van der Waals surface area contributed by atoms with E-state index in [0.29, 0.717) is 31.1 Å². The van der Waals surface area contributed by atoms with Crippen LogP contribution in [0.1, 0.15) is 16.7 Å². The summed E-state index contributed by atoms with van der Waals surface area (Å²) in [6.07, 6.45) is -1.83. The Morgan fingerprint density at radius 2 is 1.67 bits per heavy atom. The van der Waals surface area contributed by atoms with E-state index < -0.39 is 17.6 Å². The second-order valence-corrected chi connectivity index (χ2v) is 8.68. The quantitative estimate of drug-likeness (QED) is 0.428. The Labute approximate surface area is 208 Å². The highest BCUT2D eigenvalue weighted by atomic mass is 19.4. The highest BCUT2D eigenvalue weighted by molar-refractivity contribution is 6.02. The van der Waals surface area contributed by atoms with E-state index in [1.165, 1.54) is 12.1 Å². The molecule has 4 rings (SSSR count). The number of carbonyl (C=O) groups is 1. The molecule has 1 aliphatic rings. The molecule has 0 spiro atoms. The zero-order valence-electron chi connectivity index (χ0n) is 20.0. The summed E-state index contributed by atoms with van der Waals surface area (Å²) >= 11 is 0. The molecule has 1 aliphatic heterocycles. The van der Waals surface area contributed by atoms with Gasteiger partial charge in [0.2, 0.25) is 5.91 Å². The maximum Gasteiger partial charge on any atom is 0.418 e. The summed E-state index contributed by atoms with van der Waals surface area (Å²) in [5.41, 5.74) is 1.14. The number of benzene rings is 3.